The van der Waals surface area contributed by atoms with Crippen molar-refractivity contribution in [2.24, 2.45) is 0 Å². The molecule has 3 heterocycles. The predicted molar refractivity (Wildman–Crippen MR) is 84.5 cm³/mol. The number of H-pyrrole nitrogens is 1. The minimum absolute atomic E-state index is 0.224. The molecule has 2 N–H and O–H groups in total. The van der Waals surface area contributed by atoms with Crippen molar-refractivity contribution < 1.29 is 0 Å². The minimum Gasteiger partial charge on any atom is -0.357 e. The van der Waals surface area contributed by atoms with Crippen molar-refractivity contribution in [3.63, 3.8) is 0 Å². The molecular weight excluding hydrogens is 260 g/mol. The summed E-state index contributed by atoms with van der Waals surface area (Å²) in [7, 11) is 0. The lowest BCUT2D eigenvalue weighted by molar-refractivity contribution is 0.559. The van der Waals surface area contributed by atoms with Gasteiger partial charge in [0.05, 0.1) is 12.2 Å². The number of aromatic nitrogens is 3. The average Bonchev–Trinajstić information content (AvgIpc) is 3.11. The highest BCUT2D eigenvalue weighted by atomic mass is 15.3. The van der Waals surface area contributed by atoms with E-state index in [1.54, 1.807) is 0 Å². The summed E-state index contributed by atoms with van der Waals surface area (Å²) in [6.45, 7) is 6.19. The Morgan fingerprint density at radius 1 is 1.38 bits per heavy atom. The van der Waals surface area contributed by atoms with Crippen LogP contribution >= 0.6 is 0 Å². The highest BCUT2D eigenvalue weighted by molar-refractivity contribution is 5.86. The van der Waals surface area contributed by atoms with Gasteiger partial charge in [0.15, 0.2) is 0 Å². The van der Waals surface area contributed by atoms with Crippen LogP contribution in [0.25, 0.3) is 10.9 Å². The predicted octanol–water partition coefficient (Wildman–Crippen LogP) is 2.93. The quantitative estimate of drug-likeness (QED) is 0.758. The van der Waals surface area contributed by atoms with E-state index in [0.717, 1.165) is 19.5 Å². The van der Waals surface area contributed by atoms with Crippen molar-refractivity contribution in [3.8, 4) is 0 Å². The maximum absolute atomic E-state index is 4.41. The van der Waals surface area contributed by atoms with Crippen molar-refractivity contribution in [2.75, 3.05) is 6.54 Å². The van der Waals surface area contributed by atoms with Gasteiger partial charge >= 0.3 is 0 Å². The molecule has 4 rings (SSSR count). The molecule has 0 bridgehead atoms. The van der Waals surface area contributed by atoms with E-state index in [9.17, 15) is 0 Å². The van der Waals surface area contributed by atoms with Gasteiger partial charge in [0.2, 0.25) is 0 Å². The second kappa shape index (κ2) is 4.74. The number of nitrogens with one attached hydrogen (secondary N) is 2. The first-order chi connectivity index (χ1) is 10.3. The van der Waals surface area contributed by atoms with Crippen molar-refractivity contribution in [1.82, 2.24) is 20.1 Å². The molecule has 1 aliphatic heterocycles. The smallest absolute Gasteiger partial charge is 0.0763 e. The van der Waals surface area contributed by atoms with Gasteiger partial charge in [-0.25, -0.2) is 0 Å². The first kappa shape index (κ1) is 12.7. The van der Waals surface area contributed by atoms with Crippen molar-refractivity contribution >= 4 is 10.9 Å². The second-order valence-corrected chi connectivity index (χ2v) is 5.83. The third kappa shape index (κ3) is 1.98. The summed E-state index contributed by atoms with van der Waals surface area (Å²) < 4.78 is 1.98. The van der Waals surface area contributed by atoms with Crippen LogP contribution in [0.3, 0.4) is 0 Å². The fourth-order valence-corrected chi connectivity index (χ4v) is 3.33. The molecule has 0 radical (unpaired) electrons. The number of aryl methyl sites for hydroxylation is 2. The first-order valence-electron chi connectivity index (χ1n) is 7.63. The van der Waals surface area contributed by atoms with Gasteiger partial charge in [0, 0.05) is 41.4 Å². The average molecular weight is 280 g/mol. The maximum atomic E-state index is 4.41. The molecule has 108 valence electrons. The van der Waals surface area contributed by atoms with Gasteiger partial charge in [-0.2, -0.15) is 5.10 Å². The number of aromatic amines is 1. The van der Waals surface area contributed by atoms with Gasteiger partial charge in [-0.15, -0.1) is 0 Å². The summed E-state index contributed by atoms with van der Waals surface area (Å²) in [6.07, 6.45) is 5.20. The SMILES string of the molecule is CCn1cc([C@@H]2NCCc3c2[nH]c2ccc(C)cc32)cn1. The van der Waals surface area contributed by atoms with E-state index in [4.69, 9.17) is 0 Å². The van der Waals surface area contributed by atoms with Crippen molar-refractivity contribution in [1.29, 1.82) is 0 Å². The zero-order valence-electron chi connectivity index (χ0n) is 12.5. The Labute approximate surface area is 124 Å². The normalized spacial score (nSPS) is 18.1. The van der Waals surface area contributed by atoms with Crippen molar-refractivity contribution in [3.05, 3.63) is 53.0 Å². The molecule has 0 spiro atoms. The summed E-state index contributed by atoms with van der Waals surface area (Å²) >= 11 is 0. The van der Waals surface area contributed by atoms with Gasteiger partial charge in [0.1, 0.15) is 0 Å². The third-order valence-corrected chi connectivity index (χ3v) is 4.42. The minimum atomic E-state index is 0.224. The van der Waals surface area contributed by atoms with E-state index in [0.29, 0.717) is 0 Å². The fourth-order valence-electron chi connectivity index (χ4n) is 3.33. The Kier molecular flexibility index (Phi) is 2.86. The Bertz CT molecular complexity index is 796. The molecule has 2 aromatic heterocycles. The summed E-state index contributed by atoms with van der Waals surface area (Å²) in [5.74, 6) is 0. The van der Waals surface area contributed by atoms with Crippen LogP contribution < -0.4 is 5.32 Å². The van der Waals surface area contributed by atoms with Gasteiger partial charge in [0.25, 0.3) is 0 Å². The van der Waals surface area contributed by atoms with E-state index >= 15 is 0 Å². The molecular formula is C17H20N4. The molecule has 3 aromatic rings. The van der Waals surface area contributed by atoms with E-state index in [1.165, 1.54) is 33.3 Å². The Morgan fingerprint density at radius 2 is 2.29 bits per heavy atom. The molecule has 0 saturated carbocycles. The van der Waals surface area contributed by atoms with E-state index < -0.39 is 0 Å². The molecule has 4 nitrogen and oxygen atoms in total. The maximum Gasteiger partial charge on any atom is 0.0763 e. The second-order valence-electron chi connectivity index (χ2n) is 5.83. The Hall–Kier alpha value is -2.07. The zero-order valence-corrected chi connectivity index (χ0v) is 12.5. The van der Waals surface area contributed by atoms with Gasteiger partial charge in [-0.1, -0.05) is 11.6 Å². The Morgan fingerprint density at radius 3 is 3.10 bits per heavy atom. The van der Waals surface area contributed by atoms with Gasteiger partial charge in [-0.05, 0) is 38.0 Å². The number of benzene rings is 1. The molecule has 0 saturated heterocycles. The molecule has 4 heteroatoms. The third-order valence-electron chi connectivity index (χ3n) is 4.42. The molecule has 21 heavy (non-hydrogen) atoms. The molecule has 0 aliphatic carbocycles. The highest BCUT2D eigenvalue weighted by Gasteiger charge is 2.26. The lowest BCUT2D eigenvalue weighted by Gasteiger charge is -2.23. The molecule has 1 atom stereocenters. The monoisotopic (exact) mass is 280 g/mol. The summed E-state index contributed by atoms with van der Waals surface area (Å²) in [5.41, 5.74) is 6.56. The van der Waals surface area contributed by atoms with E-state index in [1.807, 2.05) is 10.9 Å². The van der Waals surface area contributed by atoms with Crippen LogP contribution in [0.2, 0.25) is 0 Å². The van der Waals surface area contributed by atoms with Crippen LogP contribution in [0.4, 0.5) is 0 Å². The molecule has 1 aliphatic rings. The number of fused-ring (bicyclic) bond motifs is 3. The van der Waals surface area contributed by atoms with Crippen molar-refractivity contribution in [2.45, 2.75) is 32.9 Å². The van der Waals surface area contributed by atoms with E-state index in [-0.39, 0.29) is 6.04 Å². The summed E-state index contributed by atoms with van der Waals surface area (Å²) in [5, 5.41) is 9.41. The van der Waals surface area contributed by atoms with Gasteiger partial charge < -0.3 is 10.3 Å². The van der Waals surface area contributed by atoms with Crippen LogP contribution in [0, 0.1) is 6.92 Å². The number of rotatable bonds is 2. The summed E-state index contributed by atoms with van der Waals surface area (Å²) in [4.78, 5) is 3.62. The lowest BCUT2D eigenvalue weighted by atomic mass is 9.96. The van der Waals surface area contributed by atoms with Gasteiger partial charge in [-0.3, -0.25) is 4.68 Å². The molecule has 0 fully saturated rings. The first-order valence-corrected chi connectivity index (χ1v) is 7.63. The largest absolute Gasteiger partial charge is 0.357 e. The fraction of sp³-hybridized carbons (Fsp3) is 0.353. The number of nitrogens with zero attached hydrogens (tertiary/aromatic N) is 2. The molecule has 1 aromatic carbocycles. The number of hydrogen-bond donors (Lipinski definition) is 2. The van der Waals surface area contributed by atoms with E-state index in [2.05, 4.69) is 53.6 Å². The van der Waals surface area contributed by atoms with Crippen LogP contribution in [0.15, 0.2) is 30.6 Å². The standard InChI is InChI=1S/C17H20N4/c1-3-21-10-12(9-19-21)16-17-13(6-7-18-16)14-8-11(2)4-5-15(14)20-17/h4-5,8-10,16,18,20H,3,6-7H2,1-2H3/t16-/m0/s1. The molecule has 0 amide bonds. The topological polar surface area (TPSA) is 45.6 Å². The van der Waals surface area contributed by atoms with Crippen LogP contribution in [-0.4, -0.2) is 21.3 Å². The number of hydrogen-bond acceptors (Lipinski definition) is 2. The lowest BCUT2D eigenvalue weighted by Crippen LogP contribution is -2.30. The molecule has 0 unspecified atom stereocenters. The van der Waals surface area contributed by atoms with Crippen LogP contribution in [-0.2, 0) is 13.0 Å². The van der Waals surface area contributed by atoms with Crippen LogP contribution in [0.1, 0.15) is 35.3 Å². The zero-order chi connectivity index (χ0) is 14.4. The Balaban J connectivity index is 1.85. The van der Waals surface area contributed by atoms with Crippen LogP contribution in [0.5, 0.6) is 0 Å². The highest BCUT2D eigenvalue weighted by Crippen LogP contribution is 2.33. The summed E-state index contributed by atoms with van der Waals surface area (Å²) in [6, 6.07) is 6.88.